The van der Waals surface area contributed by atoms with Crippen molar-refractivity contribution in [1.29, 1.82) is 0 Å². The topological polar surface area (TPSA) is 297 Å². The number of carbonyl (C=O) groups excluding carboxylic acids is 4. The molecule has 1 aliphatic heterocycles. The number of barbiturate groups is 1. The van der Waals surface area contributed by atoms with Gasteiger partial charge >= 0.3 is 47.5 Å². The van der Waals surface area contributed by atoms with Crippen LogP contribution < -0.4 is 68.9 Å². The molecule has 2 atom stereocenters. The molecular weight excluding hydrogens is 429 g/mol. The van der Waals surface area contributed by atoms with Gasteiger partial charge < -0.3 is 40.3 Å². The largest absolute Gasteiger partial charge is 1.00 e. The number of hydrogen-bond acceptors (Lipinski definition) is 10. The van der Waals surface area contributed by atoms with E-state index >= 15 is 0 Å². The molecule has 1 fully saturated rings. The Balaban J connectivity index is -0.000000178. The quantitative estimate of drug-likeness (QED) is 0.0882. The average Bonchev–Trinajstić information content (AvgIpc) is 2.64. The van der Waals surface area contributed by atoms with Crippen LogP contribution in [0.4, 0.5) is 4.79 Å². The first kappa shape index (κ1) is 33.5. The van der Waals surface area contributed by atoms with E-state index in [4.69, 9.17) is 38.9 Å². The third-order valence-corrected chi connectivity index (χ3v) is 3.34. The fraction of sp³-hybridized carbons (Fsp3) is 0.600. The zero-order valence-electron chi connectivity index (χ0n) is 18.2. The number of carbonyl (C=O) groups is 6. The van der Waals surface area contributed by atoms with Gasteiger partial charge in [0.05, 0.1) is 0 Å². The van der Waals surface area contributed by atoms with E-state index in [1.54, 1.807) is 0 Å². The molecule has 1 unspecified atom stereocenters. The number of amides is 5. The standard InChI is InChI=1S/C6H14N2O2.C5H10N2O3.C4H5N3O3.Na.H/c7-4-2-1-3-5(8)6(9)10;6-3(5(9)10)1-2-4(7)8;5-1-2(8)6-4(10)7-3(1)9;;/h5H,1-4,7-8H2,(H,9,10);3H,1-2,6H2,(H2,7,8)(H,9,10);1H,5H2,(H2,6,7,8,9,10);;/q;;;+1;-1/t;3-;;;/m.0.../s1. The summed E-state index contributed by atoms with van der Waals surface area (Å²) in [7, 11) is 0. The minimum absolute atomic E-state index is 0. The molecule has 5 amide bonds. The number of primary amides is 1. The van der Waals surface area contributed by atoms with Gasteiger partial charge in [0.2, 0.25) is 5.91 Å². The molecule has 1 aliphatic rings. The summed E-state index contributed by atoms with van der Waals surface area (Å²) in [5.41, 5.74) is 25.2. The van der Waals surface area contributed by atoms with Crippen LogP contribution in [-0.2, 0) is 24.0 Å². The summed E-state index contributed by atoms with van der Waals surface area (Å²) < 4.78 is 0. The Morgan fingerprint density at radius 1 is 0.935 bits per heavy atom. The van der Waals surface area contributed by atoms with Crippen LogP contribution in [0.15, 0.2) is 0 Å². The molecule has 0 aliphatic carbocycles. The maximum absolute atomic E-state index is 10.5. The van der Waals surface area contributed by atoms with Gasteiger partial charge in [0.1, 0.15) is 12.1 Å². The number of carboxylic acid groups (broad SMARTS) is 2. The molecule has 0 bridgehead atoms. The van der Waals surface area contributed by atoms with Crippen LogP contribution in [-0.4, -0.2) is 70.6 Å². The van der Waals surface area contributed by atoms with E-state index in [-0.39, 0.29) is 43.8 Å². The van der Waals surface area contributed by atoms with E-state index in [0.717, 1.165) is 12.8 Å². The van der Waals surface area contributed by atoms with E-state index in [1.165, 1.54) is 0 Å². The van der Waals surface area contributed by atoms with Crippen LogP contribution >= 0.6 is 0 Å². The second-order valence-electron chi connectivity index (χ2n) is 5.96. The summed E-state index contributed by atoms with van der Waals surface area (Å²) in [6, 6.07) is -3.78. The molecule has 1 saturated heterocycles. The maximum atomic E-state index is 10.5. The second-order valence-corrected chi connectivity index (χ2v) is 5.96. The molecule has 1 heterocycles. The molecular formula is C15H30N7NaO8. The Bertz CT molecular complexity index is 621. The summed E-state index contributed by atoms with van der Waals surface area (Å²) in [5, 5.41) is 20.2. The van der Waals surface area contributed by atoms with Crippen LogP contribution in [0, 0.1) is 0 Å². The molecule has 1 rings (SSSR count). The van der Waals surface area contributed by atoms with Gasteiger partial charge in [-0.2, -0.15) is 0 Å². The third-order valence-electron chi connectivity index (χ3n) is 3.34. The van der Waals surface area contributed by atoms with Gasteiger partial charge in [0.15, 0.2) is 6.04 Å². The fourth-order valence-electron chi connectivity index (χ4n) is 1.58. The van der Waals surface area contributed by atoms with Crippen molar-refractivity contribution in [3.05, 3.63) is 0 Å². The monoisotopic (exact) mass is 459 g/mol. The molecule has 0 aromatic rings. The van der Waals surface area contributed by atoms with Gasteiger partial charge in [-0.1, -0.05) is 6.42 Å². The zero-order valence-corrected chi connectivity index (χ0v) is 19.2. The summed E-state index contributed by atoms with van der Waals surface area (Å²) >= 11 is 0. The molecule has 0 radical (unpaired) electrons. The Morgan fingerprint density at radius 3 is 1.71 bits per heavy atom. The smallest absolute Gasteiger partial charge is 1.00 e. The Kier molecular flexibility index (Phi) is 20.1. The van der Waals surface area contributed by atoms with Crippen LogP contribution in [0.25, 0.3) is 0 Å². The number of nitrogens with one attached hydrogen (secondary N) is 2. The third kappa shape index (κ3) is 18.4. The van der Waals surface area contributed by atoms with Crippen molar-refractivity contribution in [3.8, 4) is 0 Å². The predicted octanol–water partition coefficient (Wildman–Crippen LogP) is -7.01. The molecule has 174 valence electrons. The van der Waals surface area contributed by atoms with Crippen LogP contribution in [0.1, 0.15) is 33.5 Å². The number of carboxylic acids is 2. The van der Waals surface area contributed by atoms with Crippen LogP contribution in [0.2, 0.25) is 0 Å². The Labute approximate surface area is 201 Å². The number of imide groups is 2. The summed E-state index contributed by atoms with van der Waals surface area (Å²) in [5.74, 6) is -4.11. The van der Waals surface area contributed by atoms with Crippen molar-refractivity contribution in [3.63, 3.8) is 0 Å². The zero-order chi connectivity index (χ0) is 23.9. The van der Waals surface area contributed by atoms with Gasteiger partial charge in [-0.25, -0.2) is 4.79 Å². The van der Waals surface area contributed by atoms with Gasteiger partial charge in [-0.15, -0.1) is 0 Å². The number of unbranched alkanes of at least 4 members (excludes halogenated alkanes) is 1. The fourth-order valence-corrected chi connectivity index (χ4v) is 1.58. The summed E-state index contributed by atoms with van der Waals surface area (Å²) in [6.07, 6.45) is 2.29. The van der Waals surface area contributed by atoms with Gasteiger partial charge in [0, 0.05) is 6.42 Å². The van der Waals surface area contributed by atoms with E-state index in [1.807, 2.05) is 10.6 Å². The summed E-state index contributed by atoms with van der Waals surface area (Å²) in [6.45, 7) is 0.604. The minimum atomic E-state index is -1.27. The van der Waals surface area contributed by atoms with Gasteiger partial charge in [0.25, 0.3) is 11.8 Å². The van der Waals surface area contributed by atoms with Crippen molar-refractivity contribution >= 4 is 35.7 Å². The molecule has 0 spiro atoms. The van der Waals surface area contributed by atoms with Crippen molar-refractivity contribution in [1.82, 2.24) is 10.6 Å². The van der Waals surface area contributed by atoms with Crippen LogP contribution in [0.3, 0.4) is 0 Å². The Hall–Kier alpha value is -2.14. The van der Waals surface area contributed by atoms with Gasteiger partial charge in [-0.05, 0) is 25.8 Å². The average molecular weight is 459 g/mol. The number of nitrogens with two attached hydrogens (primary N) is 5. The molecule has 0 aromatic carbocycles. The predicted molar refractivity (Wildman–Crippen MR) is 103 cm³/mol. The second kappa shape index (κ2) is 18.6. The first-order valence-electron chi connectivity index (χ1n) is 8.69. The minimum Gasteiger partial charge on any atom is -1.00 e. The maximum Gasteiger partial charge on any atom is 1.00 e. The number of hydrogen-bond donors (Lipinski definition) is 9. The molecule has 15 nitrogen and oxygen atoms in total. The first-order chi connectivity index (χ1) is 13.8. The van der Waals surface area contributed by atoms with Gasteiger partial charge in [-0.3, -0.25) is 34.6 Å². The first-order valence-corrected chi connectivity index (χ1v) is 8.69. The van der Waals surface area contributed by atoms with Crippen LogP contribution in [0.5, 0.6) is 0 Å². The van der Waals surface area contributed by atoms with E-state index in [0.29, 0.717) is 13.0 Å². The van der Waals surface area contributed by atoms with Crippen molar-refractivity contribution in [2.75, 3.05) is 6.54 Å². The number of urea groups is 1. The molecule has 0 saturated carbocycles. The van der Waals surface area contributed by atoms with E-state index in [9.17, 15) is 28.8 Å². The molecule has 14 N–H and O–H groups in total. The molecule has 31 heavy (non-hydrogen) atoms. The normalized spacial score (nSPS) is 14.8. The van der Waals surface area contributed by atoms with E-state index in [2.05, 4.69) is 0 Å². The van der Waals surface area contributed by atoms with E-state index < -0.39 is 53.8 Å². The van der Waals surface area contributed by atoms with Crippen molar-refractivity contribution < 1.29 is 70.0 Å². The number of rotatable bonds is 9. The number of aliphatic carboxylic acids is 2. The SMILES string of the molecule is NC(=O)CC[C@H](N)C(=O)O.NC1C(=O)NC(=O)NC1=O.NCCCCC(N)C(=O)O.[H-].[Na+]. The molecule has 16 heteroatoms. The summed E-state index contributed by atoms with van der Waals surface area (Å²) in [4.78, 5) is 61.6. The molecule has 0 aromatic heterocycles. The van der Waals surface area contributed by atoms with Crippen molar-refractivity contribution in [2.24, 2.45) is 28.7 Å². The van der Waals surface area contributed by atoms with Crippen molar-refractivity contribution in [2.45, 2.75) is 50.2 Å². The Morgan fingerprint density at radius 2 is 1.35 bits per heavy atom.